The molecule has 0 saturated carbocycles. The van der Waals surface area contributed by atoms with Crippen LogP contribution < -0.4 is 5.32 Å². The molecule has 0 spiro atoms. The van der Waals surface area contributed by atoms with E-state index in [-0.39, 0.29) is 30.7 Å². The first-order valence-electron chi connectivity index (χ1n) is 7.82. The van der Waals surface area contributed by atoms with E-state index in [2.05, 4.69) is 5.32 Å². The third kappa shape index (κ3) is 4.83. The summed E-state index contributed by atoms with van der Waals surface area (Å²) < 4.78 is 4.88. The number of anilines is 1. The predicted molar refractivity (Wildman–Crippen MR) is 101 cm³/mol. The van der Waals surface area contributed by atoms with E-state index in [0.29, 0.717) is 15.6 Å². The minimum absolute atomic E-state index is 0.0557. The van der Waals surface area contributed by atoms with Crippen LogP contribution in [0, 0.1) is 6.92 Å². The number of nitrogens with one attached hydrogen (secondary N) is 1. The number of aryl methyl sites for hydroxylation is 1. The number of hydrogen-bond acceptors (Lipinski definition) is 5. The van der Waals surface area contributed by atoms with Crippen molar-refractivity contribution in [2.45, 2.75) is 26.2 Å². The minimum Gasteiger partial charge on any atom is -0.481 e. The molecule has 138 valence electrons. The van der Waals surface area contributed by atoms with Crippen molar-refractivity contribution in [3.8, 4) is 11.1 Å². The van der Waals surface area contributed by atoms with Crippen molar-refractivity contribution in [3.63, 3.8) is 0 Å². The normalized spacial score (nSPS) is 10.4. The molecule has 0 aliphatic carbocycles. The Hall–Kier alpha value is -2.38. The summed E-state index contributed by atoms with van der Waals surface area (Å²) in [5.74, 6) is -1.86. The molecule has 1 heterocycles. The molecule has 1 aromatic carbocycles. The average molecular weight is 396 g/mol. The van der Waals surface area contributed by atoms with Crippen LogP contribution in [0.2, 0.25) is 5.02 Å². The van der Waals surface area contributed by atoms with Crippen LogP contribution >= 0.6 is 22.9 Å². The molecular formula is C18H18ClNO5S. The van der Waals surface area contributed by atoms with Gasteiger partial charge in [-0.25, -0.2) is 4.79 Å². The molecule has 0 aliphatic heterocycles. The summed E-state index contributed by atoms with van der Waals surface area (Å²) in [6.07, 6.45) is 0.194. The molecule has 1 amide bonds. The SMILES string of the molecule is COC(=O)c1c(NC(=O)CCCC(=O)O)sc(C)c1-c1ccc(Cl)cc1. The van der Waals surface area contributed by atoms with Crippen LogP contribution in [-0.2, 0) is 14.3 Å². The number of carboxylic acid groups (broad SMARTS) is 1. The van der Waals surface area contributed by atoms with Gasteiger partial charge in [0, 0.05) is 28.3 Å². The van der Waals surface area contributed by atoms with Crippen molar-refractivity contribution in [2.24, 2.45) is 0 Å². The summed E-state index contributed by atoms with van der Waals surface area (Å²) in [7, 11) is 1.28. The maximum Gasteiger partial charge on any atom is 0.341 e. The molecule has 0 radical (unpaired) electrons. The Balaban J connectivity index is 2.33. The van der Waals surface area contributed by atoms with E-state index in [9.17, 15) is 14.4 Å². The van der Waals surface area contributed by atoms with E-state index in [1.807, 2.05) is 6.92 Å². The monoisotopic (exact) mass is 395 g/mol. The molecule has 0 fully saturated rings. The number of carbonyl (C=O) groups is 3. The van der Waals surface area contributed by atoms with Crippen molar-refractivity contribution >= 4 is 45.8 Å². The number of rotatable bonds is 7. The third-order valence-electron chi connectivity index (χ3n) is 3.65. The molecule has 6 nitrogen and oxygen atoms in total. The fourth-order valence-corrected chi connectivity index (χ4v) is 3.69. The molecule has 0 saturated heterocycles. The number of amides is 1. The lowest BCUT2D eigenvalue weighted by atomic mass is 10.0. The number of hydrogen-bond donors (Lipinski definition) is 2. The lowest BCUT2D eigenvalue weighted by molar-refractivity contribution is -0.137. The van der Waals surface area contributed by atoms with E-state index in [4.69, 9.17) is 21.4 Å². The Morgan fingerprint density at radius 3 is 2.42 bits per heavy atom. The number of carboxylic acids is 1. The van der Waals surface area contributed by atoms with Gasteiger partial charge in [0.25, 0.3) is 0 Å². The Labute approximate surface area is 159 Å². The number of esters is 1. The van der Waals surface area contributed by atoms with Gasteiger partial charge in [-0.1, -0.05) is 23.7 Å². The molecule has 0 aliphatic rings. The van der Waals surface area contributed by atoms with Gasteiger partial charge in [-0.2, -0.15) is 0 Å². The van der Waals surface area contributed by atoms with Crippen LogP contribution in [0.15, 0.2) is 24.3 Å². The lowest BCUT2D eigenvalue weighted by Gasteiger charge is -2.08. The van der Waals surface area contributed by atoms with Gasteiger partial charge in [-0.15, -0.1) is 11.3 Å². The summed E-state index contributed by atoms with van der Waals surface area (Å²) in [6, 6.07) is 7.03. The lowest BCUT2D eigenvalue weighted by Crippen LogP contribution is -2.14. The highest BCUT2D eigenvalue weighted by Crippen LogP contribution is 2.40. The number of halogens is 1. The Morgan fingerprint density at radius 1 is 1.19 bits per heavy atom. The number of carbonyl (C=O) groups excluding carboxylic acids is 2. The Bertz CT molecular complexity index is 829. The summed E-state index contributed by atoms with van der Waals surface area (Å²) in [5, 5.41) is 12.3. The highest BCUT2D eigenvalue weighted by Gasteiger charge is 2.25. The van der Waals surface area contributed by atoms with Crippen molar-refractivity contribution in [2.75, 3.05) is 12.4 Å². The number of thiophene rings is 1. The molecule has 2 rings (SSSR count). The van der Waals surface area contributed by atoms with Crippen molar-refractivity contribution < 1.29 is 24.2 Å². The van der Waals surface area contributed by atoms with Gasteiger partial charge in [0.15, 0.2) is 0 Å². The van der Waals surface area contributed by atoms with Crippen LogP contribution in [0.4, 0.5) is 5.00 Å². The topological polar surface area (TPSA) is 92.7 Å². The van der Waals surface area contributed by atoms with Gasteiger partial charge in [0.1, 0.15) is 10.6 Å². The number of ether oxygens (including phenoxy) is 1. The first-order valence-corrected chi connectivity index (χ1v) is 9.02. The van der Waals surface area contributed by atoms with Gasteiger partial charge in [0.05, 0.1) is 7.11 Å². The molecule has 0 atom stereocenters. The first kappa shape index (κ1) is 19.9. The second-order valence-electron chi connectivity index (χ2n) is 5.53. The van der Waals surface area contributed by atoms with Crippen LogP contribution in [0.3, 0.4) is 0 Å². The highest BCUT2D eigenvalue weighted by atomic mass is 35.5. The standard InChI is InChI=1S/C18H18ClNO5S/c1-10-15(11-6-8-12(19)9-7-11)16(18(24)25-2)17(26-10)20-13(21)4-3-5-14(22)23/h6-9H,3-5H2,1-2H3,(H,20,21)(H,22,23). The zero-order valence-electron chi connectivity index (χ0n) is 14.3. The molecule has 0 unspecified atom stereocenters. The number of benzene rings is 1. The summed E-state index contributed by atoms with van der Waals surface area (Å²) in [6.45, 7) is 1.85. The van der Waals surface area contributed by atoms with Gasteiger partial charge in [0.2, 0.25) is 5.91 Å². The zero-order valence-corrected chi connectivity index (χ0v) is 15.9. The fraction of sp³-hybridized carbons (Fsp3) is 0.278. The van der Waals surface area contributed by atoms with E-state index in [0.717, 1.165) is 10.4 Å². The summed E-state index contributed by atoms with van der Waals surface area (Å²) >= 11 is 7.20. The molecule has 26 heavy (non-hydrogen) atoms. The molecule has 2 N–H and O–H groups in total. The maximum absolute atomic E-state index is 12.3. The average Bonchev–Trinajstić information content (AvgIpc) is 2.90. The number of methoxy groups -OCH3 is 1. The molecular weight excluding hydrogens is 378 g/mol. The van der Waals surface area contributed by atoms with Crippen molar-refractivity contribution in [1.29, 1.82) is 0 Å². The van der Waals surface area contributed by atoms with Crippen molar-refractivity contribution in [3.05, 3.63) is 39.7 Å². The smallest absolute Gasteiger partial charge is 0.341 e. The van der Waals surface area contributed by atoms with Gasteiger partial charge in [-0.3, -0.25) is 9.59 Å². The Morgan fingerprint density at radius 2 is 1.85 bits per heavy atom. The maximum atomic E-state index is 12.3. The third-order valence-corrected chi connectivity index (χ3v) is 4.93. The van der Waals surface area contributed by atoms with Gasteiger partial charge < -0.3 is 15.2 Å². The van der Waals surface area contributed by atoms with Crippen LogP contribution in [0.1, 0.15) is 34.5 Å². The Kier molecular flexibility index (Phi) is 6.76. The van der Waals surface area contributed by atoms with E-state index in [1.165, 1.54) is 18.4 Å². The predicted octanol–water partition coefficient (Wildman–Crippen LogP) is 4.36. The van der Waals surface area contributed by atoms with Gasteiger partial charge >= 0.3 is 11.9 Å². The quantitative estimate of drug-likeness (QED) is 0.679. The summed E-state index contributed by atoms with van der Waals surface area (Å²) in [5.41, 5.74) is 1.75. The van der Waals surface area contributed by atoms with Crippen LogP contribution in [-0.4, -0.2) is 30.1 Å². The fourth-order valence-electron chi connectivity index (χ4n) is 2.48. The summed E-state index contributed by atoms with van der Waals surface area (Å²) in [4.78, 5) is 35.8. The second kappa shape index (κ2) is 8.82. The number of aliphatic carboxylic acids is 1. The molecule has 8 heteroatoms. The molecule has 2 aromatic rings. The highest BCUT2D eigenvalue weighted by molar-refractivity contribution is 7.17. The zero-order chi connectivity index (χ0) is 19.3. The second-order valence-corrected chi connectivity index (χ2v) is 7.19. The molecule has 1 aromatic heterocycles. The minimum atomic E-state index is -0.954. The van der Waals surface area contributed by atoms with Crippen molar-refractivity contribution in [1.82, 2.24) is 0 Å². The van der Waals surface area contributed by atoms with E-state index < -0.39 is 11.9 Å². The van der Waals surface area contributed by atoms with Crippen LogP contribution in [0.5, 0.6) is 0 Å². The van der Waals surface area contributed by atoms with Crippen LogP contribution in [0.25, 0.3) is 11.1 Å². The molecule has 0 bridgehead atoms. The van der Waals surface area contributed by atoms with E-state index >= 15 is 0 Å². The first-order chi connectivity index (χ1) is 12.3. The largest absolute Gasteiger partial charge is 0.481 e. The van der Waals surface area contributed by atoms with Gasteiger partial charge in [-0.05, 0) is 31.0 Å². The van der Waals surface area contributed by atoms with E-state index in [1.54, 1.807) is 24.3 Å².